The largest absolute Gasteiger partial charge is 0.461 e. The van der Waals surface area contributed by atoms with E-state index in [4.69, 9.17) is 23.2 Å². The fourth-order valence-corrected chi connectivity index (χ4v) is 2.55. The molecule has 20 heavy (non-hydrogen) atoms. The SMILES string of the molecule is COC(=O)Sc1cccc(Nc2cc(Cl)nc(Cl)c2)c1. The molecule has 104 valence electrons. The second kappa shape index (κ2) is 6.83. The Hall–Kier alpha value is -1.43. The summed E-state index contributed by atoms with van der Waals surface area (Å²) in [4.78, 5) is 15.9. The smallest absolute Gasteiger partial charge is 0.371 e. The van der Waals surface area contributed by atoms with E-state index in [2.05, 4.69) is 15.0 Å². The van der Waals surface area contributed by atoms with Crippen molar-refractivity contribution in [3.05, 3.63) is 46.7 Å². The Labute approximate surface area is 130 Å². The number of aromatic nitrogens is 1. The zero-order valence-corrected chi connectivity index (χ0v) is 12.7. The molecule has 1 heterocycles. The molecule has 0 unspecified atom stereocenters. The van der Waals surface area contributed by atoms with Crippen LogP contribution in [-0.2, 0) is 4.74 Å². The molecule has 0 bridgehead atoms. The van der Waals surface area contributed by atoms with Crippen LogP contribution < -0.4 is 5.32 Å². The van der Waals surface area contributed by atoms with Gasteiger partial charge in [-0.3, -0.25) is 0 Å². The van der Waals surface area contributed by atoms with Gasteiger partial charge in [0.15, 0.2) is 0 Å². The Morgan fingerprint density at radius 2 is 1.90 bits per heavy atom. The lowest BCUT2D eigenvalue weighted by atomic mass is 10.3. The number of thioether (sulfide) groups is 1. The van der Waals surface area contributed by atoms with Gasteiger partial charge in [-0.05, 0) is 42.1 Å². The minimum atomic E-state index is -0.364. The quantitative estimate of drug-likeness (QED) is 0.488. The van der Waals surface area contributed by atoms with E-state index in [1.165, 1.54) is 7.11 Å². The second-order valence-corrected chi connectivity index (χ2v) is 5.49. The summed E-state index contributed by atoms with van der Waals surface area (Å²) >= 11 is 12.7. The molecular formula is C13H10Cl2N2O2S. The Balaban J connectivity index is 2.17. The molecule has 0 spiro atoms. The van der Waals surface area contributed by atoms with Crippen molar-refractivity contribution >= 4 is 51.6 Å². The van der Waals surface area contributed by atoms with Gasteiger partial charge in [0.25, 0.3) is 0 Å². The molecule has 4 nitrogen and oxygen atoms in total. The molecule has 0 saturated carbocycles. The number of carbonyl (C=O) groups is 1. The van der Waals surface area contributed by atoms with Crippen molar-refractivity contribution in [2.75, 3.05) is 12.4 Å². The highest BCUT2D eigenvalue weighted by atomic mass is 35.5. The third-order valence-electron chi connectivity index (χ3n) is 2.25. The Bertz CT molecular complexity index is 617. The standard InChI is InChI=1S/C13H10Cl2N2O2S/c1-19-13(18)20-10-4-2-3-8(5-10)16-9-6-11(14)17-12(15)7-9/h2-7H,1H3,(H,16,17). The Kier molecular flexibility index (Phi) is 5.11. The number of nitrogens with one attached hydrogen (secondary N) is 1. The molecule has 0 fully saturated rings. The molecular weight excluding hydrogens is 319 g/mol. The van der Waals surface area contributed by atoms with Crippen LogP contribution in [-0.4, -0.2) is 17.4 Å². The van der Waals surface area contributed by atoms with Gasteiger partial charge < -0.3 is 10.1 Å². The molecule has 0 saturated heterocycles. The van der Waals surface area contributed by atoms with Gasteiger partial charge in [-0.1, -0.05) is 29.3 Å². The van der Waals surface area contributed by atoms with Gasteiger partial charge in [-0.2, -0.15) is 0 Å². The first-order valence-electron chi connectivity index (χ1n) is 5.53. The fourth-order valence-electron chi connectivity index (χ4n) is 1.48. The Morgan fingerprint density at radius 1 is 1.20 bits per heavy atom. The molecule has 0 aliphatic carbocycles. The summed E-state index contributed by atoms with van der Waals surface area (Å²) in [6, 6.07) is 10.7. The third-order valence-corrected chi connectivity index (χ3v) is 3.46. The lowest BCUT2D eigenvalue weighted by molar-refractivity contribution is 0.200. The van der Waals surface area contributed by atoms with Gasteiger partial charge in [-0.25, -0.2) is 9.78 Å². The maximum absolute atomic E-state index is 11.2. The van der Waals surface area contributed by atoms with Crippen LogP contribution in [0.15, 0.2) is 41.3 Å². The van der Waals surface area contributed by atoms with Crippen LogP contribution >= 0.6 is 35.0 Å². The molecule has 0 radical (unpaired) electrons. The first-order valence-corrected chi connectivity index (χ1v) is 7.10. The number of hydrogen-bond acceptors (Lipinski definition) is 5. The summed E-state index contributed by atoms with van der Waals surface area (Å²) in [7, 11) is 1.35. The predicted octanol–water partition coefficient (Wildman–Crippen LogP) is 4.99. The molecule has 0 aliphatic heterocycles. The van der Waals surface area contributed by atoms with Crippen LogP contribution in [0.5, 0.6) is 0 Å². The number of carbonyl (C=O) groups excluding carboxylic acids is 1. The topological polar surface area (TPSA) is 51.2 Å². The monoisotopic (exact) mass is 328 g/mol. The summed E-state index contributed by atoms with van der Waals surface area (Å²) in [6.07, 6.45) is 0. The predicted molar refractivity (Wildman–Crippen MR) is 82.2 cm³/mol. The van der Waals surface area contributed by atoms with Gasteiger partial charge in [0, 0.05) is 16.3 Å². The Morgan fingerprint density at radius 3 is 2.55 bits per heavy atom. The van der Waals surface area contributed by atoms with Crippen LogP contribution in [0.4, 0.5) is 16.2 Å². The lowest BCUT2D eigenvalue weighted by Crippen LogP contribution is -1.93. The maximum atomic E-state index is 11.2. The average molecular weight is 329 g/mol. The van der Waals surface area contributed by atoms with E-state index in [1.807, 2.05) is 24.3 Å². The van der Waals surface area contributed by atoms with Crippen molar-refractivity contribution < 1.29 is 9.53 Å². The summed E-state index contributed by atoms with van der Waals surface area (Å²) in [5.41, 5.74) is 1.52. The van der Waals surface area contributed by atoms with Gasteiger partial charge >= 0.3 is 5.30 Å². The van der Waals surface area contributed by atoms with Gasteiger partial charge in [0.1, 0.15) is 10.3 Å². The minimum Gasteiger partial charge on any atom is -0.461 e. The summed E-state index contributed by atoms with van der Waals surface area (Å²) in [5.74, 6) is 0. The molecule has 0 aliphatic rings. The van der Waals surface area contributed by atoms with E-state index in [1.54, 1.807) is 12.1 Å². The van der Waals surface area contributed by atoms with E-state index in [9.17, 15) is 4.79 Å². The highest BCUT2D eigenvalue weighted by Crippen LogP contribution is 2.26. The highest BCUT2D eigenvalue weighted by Gasteiger charge is 2.05. The zero-order valence-electron chi connectivity index (χ0n) is 10.4. The zero-order chi connectivity index (χ0) is 14.5. The number of pyridine rings is 1. The van der Waals surface area contributed by atoms with Crippen molar-refractivity contribution in [1.29, 1.82) is 0 Å². The summed E-state index contributed by atoms with van der Waals surface area (Å²) in [5, 5.41) is 3.39. The van der Waals surface area contributed by atoms with Crippen LogP contribution in [0.3, 0.4) is 0 Å². The number of benzene rings is 1. The first kappa shape index (κ1) is 15.0. The fraction of sp³-hybridized carbons (Fsp3) is 0.0769. The number of nitrogens with zero attached hydrogens (tertiary/aromatic N) is 1. The van der Waals surface area contributed by atoms with Crippen LogP contribution in [0, 0.1) is 0 Å². The molecule has 7 heteroatoms. The van der Waals surface area contributed by atoms with E-state index in [-0.39, 0.29) is 5.30 Å². The van der Waals surface area contributed by atoms with Crippen molar-refractivity contribution in [2.24, 2.45) is 0 Å². The summed E-state index contributed by atoms with van der Waals surface area (Å²) < 4.78 is 4.60. The molecule has 1 aromatic carbocycles. The van der Waals surface area contributed by atoms with E-state index in [0.717, 1.165) is 28.0 Å². The first-order chi connectivity index (χ1) is 9.56. The van der Waals surface area contributed by atoms with E-state index >= 15 is 0 Å². The molecule has 1 aromatic heterocycles. The lowest BCUT2D eigenvalue weighted by Gasteiger charge is -2.08. The molecule has 2 aromatic rings. The number of anilines is 2. The van der Waals surface area contributed by atoms with Gasteiger partial charge in [-0.15, -0.1) is 0 Å². The molecule has 0 atom stereocenters. The average Bonchev–Trinajstić information content (AvgIpc) is 2.37. The van der Waals surface area contributed by atoms with Crippen LogP contribution in [0.2, 0.25) is 10.3 Å². The summed E-state index contributed by atoms with van der Waals surface area (Å²) in [6.45, 7) is 0. The maximum Gasteiger partial charge on any atom is 0.371 e. The van der Waals surface area contributed by atoms with Crippen LogP contribution in [0.25, 0.3) is 0 Å². The number of methoxy groups -OCH3 is 1. The van der Waals surface area contributed by atoms with Crippen molar-refractivity contribution in [3.63, 3.8) is 0 Å². The minimum absolute atomic E-state index is 0.306. The van der Waals surface area contributed by atoms with Crippen molar-refractivity contribution in [2.45, 2.75) is 4.90 Å². The van der Waals surface area contributed by atoms with E-state index < -0.39 is 0 Å². The van der Waals surface area contributed by atoms with Crippen molar-refractivity contribution in [1.82, 2.24) is 4.98 Å². The highest BCUT2D eigenvalue weighted by molar-refractivity contribution is 8.13. The number of hydrogen-bond donors (Lipinski definition) is 1. The van der Waals surface area contributed by atoms with E-state index in [0.29, 0.717) is 10.3 Å². The second-order valence-electron chi connectivity index (χ2n) is 3.71. The van der Waals surface area contributed by atoms with Crippen LogP contribution in [0.1, 0.15) is 0 Å². The molecule has 1 N–H and O–H groups in total. The normalized spacial score (nSPS) is 10.2. The van der Waals surface area contributed by atoms with Gasteiger partial charge in [0.2, 0.25) is 0 Å². The third kappa shape index (κ3) is 4.30. The molecule has 2 rings (SSSR count). The molecule has 0 amide bonds. The van der Waals surface area contributed by atoms with Crippen molar-refractivity contribution in [3.8, 4) is 0 Å². The number of rotatable bonds is 3. The number of halogens is 2. The number of ether oxygens (including phenoxy) is 1. The van der Waals surface area contributed by atoms with Gasteiger partial charge in [0.05, 0.1) is 7.11 Å².